The van der Waals surface area contributed by atoms with E-state index < -0.39 is 23.6 Å². The minimum Gasteiger partial charge on any atom is -0.351 e. The number of nitrogens with zero attached hydrogens (tertiary/aromatic N) is 4. The van der Waals surface area contributed by atoms with Crippen LogP contribution in [0.15, 0.2) is 18.3 Å². The van der Waals surface area contributed by atoms with Crippen LogP contribution in [0.4, 0.5) is 4.39 Å². The maximum absolute atomic E-state index is 14.9. The van der Waals surface area contributed by atoms with E-state index in [1.165, 1.54) is 4.40 Å². The lowest BCUT2D eigenvalue weighted by molar-refractivity contribution is -0.139. The fourth-order valence-corrected chi connectivity index (χ4v) is 5.00. The summed E-state index contributed by atoms with van der Waals surface area (Å²) in [5, 5.41) is 0. The van der Waals surface area contributed by atoms with Crippen LogP contribution < -0.4 is 0 Å². The molecule has 2 aromatic heterocycles. The molecule has 2 aromatic rings. The summed E-state index contributed by atoms with van der Waals surface area (Å²) >= 11 is 0. The first-order valence-electron chi connectivity index (χ1n) is 9.75. The molecule has 2 amide bonds. The molecule has 5 rings (SSSR count). The molecule has 7 nitrogen and oxygen atoms in total. The Balaban J connectivity index is 1.50. The van der Waals surface area contributed by atoms with E-state index in [0.717, 1.165) is 5.56 Å². The molecular formula is C20H23FN4O3. The summed E-state index contributed by atoms with van der Waals surface area (Å²) in [7, 11) is 0. The Morgan fingerprint density at radius 2 is 2.21 bits per heavy atom. The smallest absolute Gasteiger partial charge is 0.277 e. The van der Waals surface area contributed by atoms with Gasteiger partial charge in [-0.25, -0.2) is 4.98 Å². The largest absolute Gasteiger partial charge is 0.351 e. The molecule has 0 saturated carbocycles. The van der Waals surface area contributed by atoms with Crippen molar-refractivity contribution in [2.75, 3.05) is 13.2 Å². The van der Waals surface area contributed by atoms with Gasteiger partial charge in [0.25, 0.3) is 5.91 Å². The van der Waals surface area contributed by atoms with Gasteiger partial charge in [0.2, 0.25) is 11.9 Å². The molecule has 0 bridgehead atoms. The number of aryl methyl sites for hydroxylation is 1. The van der Waals surface area contributed by atoms with Crippen molar-refractivity contribution in [3.8, 4) is 0 Å². The van der Waals surface area contributed by atoms with Crippen LogP contribution in [-0.4, -0.2) is 62.0 Å². The second-order valence-corrected chi connectivity index (χ2v) is 8.38. The Morgan fingerprint density at radius 1 is 1.43 bits per heavy atom. The monoisotopic (exact) mass is 386 g/mol. The number of pyridine rings is 1. The van der Waals surface area contributed by atoms with E-state index >= 15 is 0 Å². The highest BCUT2D eigenvalue weighted by atomic mass is 19.1. The summed E-state index contributed by atoms with van der Waals surface area (Å²) in [5.41, 5.74) is 0.365. The average Bonchev–Trinajstić information content (AvgIpc) is 3.34. The molecule has 3 aliphatic rings. The first-order chi connectivity index (χ1) is 13.3. The lowest BCUT2D eigenvalue weighted by atomic mass is 10.0. The topological polar surface area (TPSA) is 67.2 Å². The maximum atomic E-state index is 14.9. The fourth-order valence-electron chi connectivity index (χ4n) is 5.00. The van der Waals surface area contributed by atoms with Gasteiger partial charge in [-0.15, -0.1) is 0 Å². The zero-order valence-electron chi connectivity index (χ0n) is 16.2. The normalized spacial score (nSPS) is 29.2. The van der Waals surface area contributed by atoms with Crippen LogP contribution in [0, 0.1) is 18.8 Å². The quantitative estimate of drug-likeness (QED) is 0.792. The number of ether oxygens (including phenoxy) is 1. The van der Waals surface area contributed by atoms with E-state index in [9.17, 15) is 14.0 Å². The molecule has 3 saturated heterocycles. The van der Waals surface area contributed by atoms with Crippen LogP contribution >= 0.6 is 0 Å². The van der Waals surface area contributed by atoms with Crippen LogP contribution in [0.5, 0.6) is 0 Å². The molecule has 148 valence electrons. The Bertz CT molecular complexity index is 1000. The summed E-state index contributed by atoms with van der Waals surface area (Å²) in [6.45, 7) is 6.92. The number of hydrogen-bond acceptors (Lipinski definition) is 4. The van der Waals surface area contributed by atoms with Crippen LogP contribution in [0.25, 0.3) is 5.65 Å². The number of carbonyl (C=O) groups is 2. The summed E-state index contributed by atoms with van der Waals surface area (Å²) in [6.07, 6.45) is 2.33. The molecule has 0 unspecified atom stereocenters. The van der Waals surface area contributed by atoms with Crippen LogP contribution in [-0.2, 0) is 9.53 Å². The third kappa shape index (κ3) is 2.15. The van der Waals surface area contributed by atoms with Crippen molar-refractivity contribution in [1.82, 2.24) is 19.2 Å². The molecule has 5 heterocycles. The Kier molecular flexibility index (Phi) is 3.62. The van der Waals surface area contributed by atoms with Gasteiger partial charge in [0, 0.05) is 19.2 Å². The van der Waals surface area contributed by atoms with Crippen molar-refractivity contribution in [3.05, 3.63) is 35.5 Å². The molecule has 28 heavy (non-hydrogen) atoms. The Hall–Kier alpha value is -2.48. The summed E-state index contributed by atoms with van der Waals surface area (Å²) in [4.78, 5) is 33.6. The predicted octanol–water partition coefficient (Wildman–Crippen LogP) is 1.98. The summed E-state index contributed by atoms with van der Waals surface area (Å²) in [6, 6.07) is 3.12. The van der Waals surface area contributed by atoms with Crippen LogP contribution in [0.1, 0.15) is 42.7 Å². The zero-order valence-corrected chi connectivity index (χ0v) is 16.2. The minimum atomic E-state index is -0.770. The second-order valence-electron chi connectivity index (χ2n) is 8.38. The molecule has 0 N–H and O–H groups in total. The molecular weight excluding hydrogens is 363 g/mol. The summed E-state index contributed by atoms with van der Waals surface area (Å²) in [5.74, 6) is -0.878. The number of rotatable bonds is 2. The van der Waals surface area contributed by atoms with E-state index in [4.69, 9.17) is 4.74 Å². The van der Waals surface area contributed by atoms with Gasteiger partial charge in [0.15, 0.2) is 11.4 Å². The van der Waals surface area contributed by atoms with Gasteiger partial charge in [-0.2, -0.15) is 4.39 Å². The van der Waals surface area contributed by atoms with Crippen LogP contribution in [0.3, 0.4) is 0 Å². The fraction of sp³-hybridized carbons (Fsp3) is 0.550. The number of amides is 2. The maximum Gasteiger partial charge on any atom is 0.277 e. The van der Waals surface area contributed by atoms with Gasteiger partial charge in [-0.05, 0) is 30.5 Å². The van der Waals surface area contributed by atoms with Crippen molar-refractivity contribution in [3.63, 3.8) is 0 Å². The van der Waals surface area contributed by atoms with Crippen molar-refractivity contribution >= 4 is 17.5 Å². The van der Waals surface area contributed by atoms with Gasteiger partial charge in [-0.1, -0.05) is 13.8 Å². The molecule has 0 aromatic carbocycles. The lowest BCUT2D eigenvalue weighted by Crippen LogP contribution is -2.51. The van der Waals surface area contributed by atoms with Crippen molar-refractivity contribution in [2.45, 2.75) is 51.4 Å². The molecule has 0 aliphatic carbocycles. The highest BCUT2D eigenvalue weighted by molar-refractivity contribution is 5.95. The first kappa shape index (κ1) is 17.6. The van der Waals surface area contributed by atoms with Crippen molar-refractivity contribution in [2.24, 2.45) is 5.92 Å². The third-order valence-electron chi connectivity index (χ3n) is 6.44. The van der Waals surface area contributed by atoms with E-state index in [1.807, 2.05) is 11.8 Å². The van der Waals surface area contributed by atoms with E-state index in [2.05, 4.69) is 18.8 Å². The van der Waals surface area contributed by atoms with Crippen LogP contribution in [0.2, 0.25) is 0 Å². The van der Waals surface area contributed by atoms with E-state index in [1.54, 1.807) is 23.2 Å². The first-order valence-corrected chi connectivity index (χ1v) is 9.75. The van der Waals surface area contributed by atoms with Crippen molar-refractivity contribution < 1.29 is 18.7 Å². The number of carbonyl (C=O) groups excluding carboxylic acids is 2. The van der Waals surface area contributed by atoms with E-state index in [-0.39, 0.29) is 30.0 Å². The third-order valence-corrected chi connectivity index (χ3v) is 6.44. The molecule has 3 aliphatic heterocycles. The number of fused-ring (bicyclic) bond motifs is 1. The van der Waals surface area contributed by atoms with Gasteiger partial charge in [-0.3, -0.25) is 14.0 Å². The lowest BCUT2D eigenvalue weighted by Gasteiger charge is -2.34. The minimum absolute atomic E-state index is 0.00444. The average molecular weight is 386 g/mol. The second kappa shape index (κ2) is 5.76. The zero-order chi connectivity index (χ0) is 19.8. The number of imidazole rings is 1. The van der Waals surface area contributed by atoms with Gasteiger partial charge in [0.1, 0.15) is 5.65 Å². The standard InChI is InChI=1S/C20H23FN4O3/c1-11(2)13-10-28-20-5-7-23(14(20)9-16(26)25(13)20)19(27)17-18(21)24-6-4-12(3)8-15(24)22-17/h4,6,8,11,13-14H,5,7,9-10H2,1-3H3/t13-,14+,20-/m0/s1. The predicted molar refractivity (Wildman–Crippen MR) is 98.1 cm³/mol. The Labute approximate surface area is 162 Å². The van der Waals surface area contributed by atoms with Gasteiger partial charge in [0.05, 0.1) is 25.1 Å². The van der Waals surface area contributed by atoms with Gasteiger partial charge < -0.3 is 14.5 Å². The number of likely N-dealkylation sites (tertiary alicyclic amines) is 1. The highest BCUT2D eigenvalue weighted by Crippen LogP contribution is 2.49. The number of halogens is 1. The van der Waals surface area contributed by atoms with Gasteiger partial charge >= 0.3 is 0 Å². The number of aromatic nitrogens is 2. The molecule has 3 fully saturated rings. The molecule has 1 spiro atoms. The molecule has 8 heteroatoms. The SMILES string of the molecule is Cc1ccn2c(F)c(C(=O)N3CC[C@@]45OC[C@@H](C(C)C)N4C(=O)C[C@@H]35)nc2c1. The van der Waals surface area contributed by atoms with E-state index in [0.29, 0.717) is 25.2 Å². The molecule has 3 atom stereocenters. The van der Waals surface area contributed by atoms with Crippen molar-refractivity contribution in [1.29, 1.82) is 0 Å². The summed E-state index contributed by atoms with van der Waals surface area (Å²) < 4.78 is 22.3. The molecule has 0 radical (unpaired) electrons. The highest BCUT2D eigenvalue weighted by Gasteiger charge is 2.66. The Morgan fingerprint density at radius 3 is 2.96 bits per heavy atom. The number of hydrogen-bond donors (Lipinski definition) is 0.